The molecule has 0 aromatic heterocycles. The molecule has 2 unspecified atom stereocenters. The Hall–Kier alpha value is -1.94. The van der Waals surface area contributed by atoms with Gasteiger partial charge in [-0.15, -0.1) is 0 Å². The van der Waals surface area contributed by atoms with Gasteiger partial charge in [0.2, 0.25) is 0 Å². The molecule has 0 radical (unpaired) electrons. The standard InChI is InChI=1S/C90H176O17P2/c1-5-9-13-17-21-25-29-33-36-39-41-42-44-47-50-53-57-61-65-69-73-77-90(95)107-86(81-101-88(93)75-71-67-63-59-55-51-48-46-43-40-37-34-30-26-22-18-14-10-6-2)83-105-109(98,99)103-79-84(91)78-102-108(96,97)104-82-85(80-100-87(92)74-70-66-62-58-54-32-28-24-20-16-12-8-4)106-89(94)76-72-68-64-60-56-52-49-45-38-35-31-27-23-19-15-11-7-3/h84-86,91H,5-83H2,1-4H3,(H,96,97)(H,98,99)/t84-,85+,86+/m0/s1. The minimum absolute atomic E-state index is 0.110. The van der Waals surface area contributed by atoms with Crippen LogP contribution in [0.5, 0.6) is 0 Å². The number of aliphatic hydroxyl groups excluding tert-OH is 1. The number of rotatable bonds is 91. The van der Waals surface area contributed by atoms with Crippen molar-refractivity contribution in [3.8, 4) is 0 Å². The fraction of sp³-hybridized carbons (Fsp3) is 0.956. The Morgan fingerprint density at radius 2 is 0.367 bits per heavy atom. The van der Waals surface area contributed by atoms with Crippen molar-refractivity contribution in [1.29, 1.82) is 0 Å². The van der Waals surface area contributed by atoms with Crippen molar-refractivity contribution < 1.29 is 80.2 Å². The molecule has 0 aliphatic rings. The number of hydrogen-bond donors (Lipinski definition) is 3. The van der Waals surface area contributed by atoms with Gasteiger partial charge in [-0.25, -0.2) is 9.13 Å². The van der Waals surface area contributed by atoms with Crippen molar-refractivity contribution in [3.05, 3.63) is 0 Å². The highest BCUT2D eigenvalue weighted by Crippen LogP contribution is 2.45. The number of hydrogen-bond acceptors (Lipinski definition) is 15. The molecule has 0 amide bonds. The molecule has 0 saturated heterocycles. The lowest BCUT2D eigenvalue weighted by atomic mass is 10.0. The summed E-state index contributed by atoms with van der Waals surface area (Å²) in [6.45, 7) is 5.09. The molecule has 648 valence electrons. The van der Waals surface area contributed by atoms with Gasteiger partial charge in [0.05, 0.1) is 26.4 Å². The number of ether oxygens (including phenoxy) is 4. The van der Waals surface area contributed by atoms with Gasteiger partial charge in [-0.05, 0) is 25.7 Å². The van der Waals surface area contributed by atoms with E-state index in [-0.39, 0.29) is 25.7 Å². The summed E-state index contributed by atoms with van der Waals surface area (Å²) in [4.78, 5) is 73.4. The molecule has 0 aliphatic heterocycles. The first kappa shape index (κ1) is 107. The zero-order valence-corrected chi connectivity index (χ0v) is 73.3. The van der Waals surface area contributed by atoms with Crippen molar-refractivity contribution in [2.45, 2.75) is 515 Å². The van der Waals surface area contributed by atoms with Gasteiger partial charge in [-0.3, -0.25) is 37.3 Å². The monoisotopic (exact) mass is 1590 g/mol. The second kappa shape index (κ2) is 84.0. The van der Waals surface area contributed by atoms with E-state index in [1.807, 2.05) is 0 Å². The largest absolute Gasteiger partial charge is 0.472 e. The molecule has 19 heteroatoms. The number of phosphoric ester groups is 2. The summed E-state index contributed by atoms with van der Waals surface area (Å²) in [5, 5.41) is 10.7. The van der Waals surface area contributed by atoms with E-state index in [1.54, 1.807) is 0 Å². The Morgan fingerprint density at radius 3 is 0.541 bits per heavy atom. The van der Waals surface area contributed by atoms with Crippen molar-refractivity contribution in [2.24, 2.45) is 0 Å². The van der Waals surface area contributed by atoms with E-state index in [2.05, 4.69) is 27.7 Å². The topological polar surface area (TPSA) is 237 Å². The normalized spacial score (nSPS) is 13.6. The van der Waals surface area contributed by atoms with Gasteiger partial charge in [0.15, 0.2) is 12.2 Å². The van der Waals surface area contributed by atoms with E-state index in [9.17, 15) is 43.2 Å². The lowest BCUT2D eigenvalue weighted by Crippen LogP contribution is -2.30. The first-order valence-electron chi connectivity index (χ1n) is 46.8. The molecule has 17 nitrogen and oxygen atoms in total. The third kappa shape index (κ3) is 83.8. The van der Waals surface area contributed by atoms with E-state index in [0.717, 1.165) is 89.9 Å². The molecule has 0 heterocycles. The number of carbonyl (C=O) groups excluding carboxylic acids is 4. The van der Waals surface area contributed by atoms with Gasteiger partial charge < -0.3 is 33.8 Å². The minimum atomic E-state index is -4.97. The van der Waals surface area contributed by atoms with Gasteiger partial charge in [0, 0.05) is 25.7 Å². The maximum absolute atomic E-state index is 13.2. The molecule has 0 aromatic rings. The first-order valence-corrected chi connectivity index (χ1v) is 49.8. The molecule has 109 heavy (non-hydrogen) atoms. The van der Waals surface area contributed by atoms with Gasteiger partial charge in [-0.1, -0.05) is 445 Å². The molecule has 0 fully saturated rings. The van der Waals surface area contributed by atoms with Crippen LogP contribution in [0.3, 0.4) is 0 Å². The minimum Gasteiger partial charge on any atom is -0.462 e. The van der Waals surface area contributed by atoms with Crippen molar-refractivity contribution in [2.75, 3.05) is 39.6 Å². The van der Waals surface area contributed by atoms with Crippen LogP contribution in [-0.4, -0.2) is 96.7 Å². The van der Waals surface area contributed by atoms with Crippen LogP contribution in [0.4, 0.5) is 0 Å². The van der Waals surface area contributed by atoms with E-state index < -0.39 is 97.5 Å². The Balaban J connectivity index is 5.24. The maximum atomic E-state index is 13.2. The van der Waals surface area contributed by atoms with E-state index in [0.29, 0.717) is 25.7 Å². The predicted molar refractivity (Wildman–Crippen MR) is 451 cm³/mol. The number of unbranched alkanes of at least 4 members (excludes halogenated alkanes) is 65. The molecule has 5 atom stereocenters. The lowest BCUT2D eigenvalue weighted by molar-refractivity contribution is -0.161. The second-order valence-electron chi connectivity index (χ2n) is 32.3. The molecule has 0 spiro atoms. The summed E-state index contributed by atoms with van der Waals surface area (Å²) in [6.07, 6.45) is 80.6. The predicted octanol–water partition coefficient (Wildman–Crippen LogP) is 28.1. The Kier molecular flexibility index (Phi) is 82.5. The van der Waals surface area contributed by atoms with Crippen LogP contribution in [0.25, 0.3) is 0 Å². The van der Waals surface area contributed by atoms with E-state index in [1.165, 1.54) is 327 Å². The Bertz CT molecular complexity index is 2050. The number of esters is 4. The lowest BCUT2D eigenvalue weighted by Gasteiger charge is -2.21. The molecule has 3 N–H and O–H groups in total. The summed E-state index contributed by atoms with van der Waals surface area (Å²) in [5.74, 6) is -2.09. The van der Waals surface area contributed by atoms with Crippen LogP contribution in [0, 0.1) is 0 Å². The van der Waals surface area contributed by atoms with E-state index in [4.69, 9.17) is 37.0 Å². The van der Waals surface area contributed by atoms with Gasteiger partial charge in [0.25, 0.3) is 0 Å². The molecular formula is C90H176O17P2. The van der Waals surface area contributed by atoms with Crippen LogP contribution in [0.2, 0.25) is 0 Å². The van der Waals surface area contributed by atoms with Crippen molar-refractivity contribution in [3.63, 3.8) is 0 Å². The highest BCUT2D eigenvalue weighted by atomic mass is 31.2. The Morgan fingerprint density at radius 1 is 0.220 bits per heavy atom. The summed E-state index contributed by atoms with van der Waals surface area (Å²) in [5.41, 5.74) is 0. The second-order valence-corrected chi connectivity index (χ2v) is 35.3. The number of aliphatic hydroxyl groups is 1. The Labute approximate surface area is 670 Å². The maximum Gasteiger partial charge on any atom is 0.472 e. The highest BCUT2D eigenvalue weighted by Gasteiger charge is 2.30. The average Bonchev–Trinajstić information content (AvgIpc) is 0.911. The van der Waals surface area contributed by atoms with Crippen LogP contribution in [0.15, 0.2) is 0 Å². The molecule has 0 bridgehead atoms. The summed E-state index contributed by atoms with van der Waals surface area (Å²) >= 11 is 0. The van der Waals surface area contributed by atoms with Crippen molar-refractivity contribution in [1.82, 2.24) is 0 Å². The zero-order valence-electron chi connectivity index (χ0n) is 71.5. The third-order valence-electron chi connectivity index (χ3n) is 21.4. The van der Waals surface area contributed by atoms with Crippen LogP contribution < -0.4 is 0 Å². The van der Waals surface area contributed by atoms with Gasteiger partial charge in [-0.2, -0.15) is 0 Å². The van der Waals surface area contributed by atoms with Gasteiger partial charge >= 0.3 is 39.5 Å². The van der Waals surface area contributed by atoms with E-state index >= 15 is 0 Å². The third-order valence-corrected chi connectivity index (χ3v) is 23.3. The quantitative estimate of drug-likeness (QED) is 0.0222. The molecule has 0 aromatic carbocycles. The molecule has 0 saturated carbocycles. The van der Waals surface area contributed by atoms with Crippen LogP contribution in [0.1, 0.15) is 496 Å². The summed E-state index contributed by atoms with van der Waals surface area (Å²) in [7, 11) is -9.93. The van der Waals surface area contributed by atoms with Crippen LogP contribution >= 0.6 is 15.6 Å². The molecule has 0 rings (SSSR count). The summed E-state index contributed by atoms with van der Waals surface area (Å²) < 4.78 is 69.1. The first-order chi connectivity index (χ1) is 53.2. The zero-order chi connectivity index (χ0) is 79.6. The molecule has 0 aliphatic carbocycles. The smallest absolute Gasteiger partial charge is 0.462 e. The molecular weight excluding hydrogens is 1410 g/mol. The average molecular weight is 1590 g/mol. The highest BCUT2D eigenvalue weighted by molar-refractivity contribution is 7.47. The fourth-order valence-corrected chi connectivity index (χ4v) is 15.8. The van der Waals surface area contributed by atoms with Gasteiger partial charge in [0.1, 0.15) is 19.3 Å². The van der Waals surface area contributed by atoms with Crippen LogP contribution in [-0.2, 0) is 65.4 Å². The number of carbonyl (C=O) groups is 4. The van der Waals surface area contributed by atoms with Crippen molar-refractivity contribution >= 4 is 39.5 Å². The SMILES string of the molecule is CCCCCCCCCCCCCCCCCCCCCCCC(=O)O[C@H](COC(=O)CCCCCCCCCCCCCCCCCCCCC)COP(=O)(O)OC[C@@H](O)COP(=O)(O)OC[C@@H](COC(=O)CCCCCCCCCCCCCC)OC(=O)CCCCCCCCCCCCCCCCCCC. The summed E-state index contributed by atoms with van der Waals surface area (Å²) in [6, 6.07) is 0. The number of phosphoric acid groups is 2. The fourth-order valence-electron chi connectivity index (χ4n) is 14.2.